The first-order valence-electron chi connectivity index (χ1n) is 12.2. The van der Waals surface area contributed by atoms with E-state index in [0.29, 0.717) is 5.75 Å². The summed E-state index contributed by atoms with van der Waals surface area (Å²) in [5, 5.41) is 6.92. The van der Waals surface area contributed by atoms with Gasteiger partial charge in [0, 0.05) is 42.5 Å². The summed E-state index contributed by atoms with van der Waals surface area (Å²) in [6.07, 6.45) is 4.50. The fourth-order valence-electron chi connectivity index (χ4n) is 4.74. The van der Waals surface area contributed by atoms with Crippen molar-refractivity contribution >= 4 is 49.8 Å². The van der Waals surface area contributed by atoms with E-state index >= 15 is 0 Å². The highest BCUT2D eigenvalue weighted by Crippen LogP contribution is 2.36. The van der Waals surface area contributed by atoms with Crippen molar-refractivity contribution in [2.75, 3.05) is 11.9 Å². The van der Waals surface area contributed by atoms with E-state index in [2.05, 4.69) is 54.1 Å². The number of aromatic nitrogens is 3. The lowest BCUT2D eigenvalue weighted by Gasteiger charge is -2.31. The summed E-state index contributed by atoms with van der Waals surface area (Å²) < 4.78 is 2.82. The number of hydrogen-bond acceptors (Lipinski definition) is 8. The molecule has 0 fully saturated rings. The first-order valence-corrected chi connectivity index (χ1v) is 14.0. The monoisotopic (exact) mass is 526 g/mol. The molecule has 0 amide bonds. The minimum atomic E-state index is -0.0965. The molecule has 4 heterocycles. The number of aryl methyl sites for hydroxylation is 2. The Kier molecular flexibility index (Phi) is 6.18. The normalized spacial score (nSPS) is 15.6. The van der Waals surface area contributed by atoms with E-state index < -0.39 is 0 Å². The van der Waals surface area contributed by atoms with Crippen LogP contribution in [-0.4, -0.2) is 37.8 Å². The molecule has 6 rings (SSSR count). The van der Waals surface area contributed by atoms with E-state index in [4.69, 9.17) is 10.1 Å². The molecular formula is C28H26N6OS2. The Bertz CT molecular complexity index is 1690. The molecule has 1 unspecified atom stereocenters. The van der Waals surface area contributed by atoms with Crippen LogP contribution < -0.4 is 10.5 Å². The predicted molar refractivity (Wildman–Crippen MR) is 154 cm³/mol. The highest BCUT2D eigenvalue weighted by Gasteiger charge is 2.35. The average molecular weight is 527 g/mol. The number of benzene rings is 2. The second-order valence-corrected chi connectivity index (χ2v) is 11.0. The zero-order valence-electron chi connectivity index (χ0n) is 20.8. The van der Waals surface area contributed by atoms with Crippen LogP contribution in [0.2, 0.25) is 0 Å². The highest BCUT2D eigenvalue weighted by atomic mass is 32.2. The van der Waals surface area contributed by atoms with Gasteiger partial charge in [0.2, 0.25) is 0 Å². The highest BCUT2D eigenvalue weighted by molar-refractivity contribution is 7.99. The summed E-state index contributed by atoms with van der Waals surface area (Å²) in [5.74, 6) is 1.46. The van der Waals surface area contributed by atoms with Gasteiger partial charge in [-0.25, -0.2) is 4.98 Å². The van der Waals surface area contributed by atoms with Crippen LogP contribution in [0.1, 0.15) is 29.3 Å². The third-order valence-corrected chi connectivity index (χ3v) is 9.01. The second kappa shape index (κ2) is 9.64. The second-order valence-electron chi connectivity index (χ2n) is 8.95. The summed E-state index contributed by atoms with van der Waals surface area (Å²) in [5.41, 5.74) is 6.10. The van der Waals surface area contributed by atoms with E-state index in [-0.39, 0.29) is 11.1 Å². The Labute approximate surface area is 223 Å². The van der Waals surface area contributed by atoms with Crippen LogP contribution in [0.5, 0.6) is 0 Å². The largest absolute Gasteiger partial charge is 0.293 e. The molecule has 0 saturated carbocycles. The molecule has 9 heteroatoms. The van der Waals surface area contributed by atoms with E-state index in [1.54, 1.807) is 46.0 Å². The van der Waals surface area contributed by atoms with Gasteiger partial charge in [0.15, 0.2) is 16.3 Å². The standard InChI is InChI=1S/C28H26N6OS2/c1-4-19-9-5-6-10-22(19)34-26(20-12-14-29-15-13-20)31-32(3)28(34)36-17-21-16-24(35)33-23-11-7-8-18(2)25(23)37-27(33)30-21/h5-16,28H,4,17H2,1-3H3. The molecule has 0 aliphatic carbocycles. The van der Waals surface area contributed by atoms with Gasteiger partial charge < -0.3 is 0 Å². The average Bonchev–Trinajstić information content (AvgIpc) is 3.46. The fourth-order valence-corrected chi connectivity index (χ4v) is 6.96. The molecule has 186 valence electrons. The van der Waals surface area contributed by atoms with E-state index in [0.717, 1.165) is 49.9 Å². The number of pyridine rings is 1. The number of anilines is 1. The van der Waals surface area contributed by atoms with Gasteiger partial charge in [0.05, 0.1) is 15.9 Å². The van der Waals surface area contributed by atoms with Crippen molar-refractivity contribution in [1.29, 1.82) is 0 Å². The lowest BCUT2D eigenvalue weighted by molar-refractivity contribution is 0.364. The minimum absolute atomic E-state index is 0.0425. The molecule has 0 radical (unpaired) electrons. The Morgan fingerprint density at radius 1 is 1.05 bits per heavy atom. The number of nitrogens with zero attached hydrogens (tertiary/aromatic N) is 6. The maximum Gasteiger partial charge on any atom is 0.259 e. The Morgan fingerprint density at radius 2 is 1.86 bits per heavy atom. The van der Waals surface area contributed by atoms with E-state index in [1.807, 2.05) is 36.3 Å². The van der Waals surface area contributed by atoms with Crippen molar-refractivity contribution in [3.63, 3.8) is 0 Å². The summed E-state index contributed by atoms with van der Waals surface area (Å²) in [6.45, 7) is 4.24. The molecule has 0 spiro atoms. The molecular weight excluding hydrogens is 500 g/mol. The number of para-hydroxylation sites is 1. The molecule has 5 aromatic rings. The molecule has 37 heavy (non-hydrogen) atoms. The van der Waals surface area contributed by atoms with Gasteiger partial charge >= 0.3 is 0 Å². The Balaban J connectivity index is 1.36. The number of thiazole rings is 1. The molecule has 0 bridgehead atoms. The van der Waals surface area contributed by atoms with Crippen molar-refractivity contribution in [2.45, 2.75) is 31.5 Å². The molecule has 1 atom stereocenters. The van der Waals surface area contributed by atoms with Gasteiger partial charge in [-0.2, -0.15) is 5.10 Å². The van der Waals surface area contributed by atoms with Crippen LogP contribution in [0.15, 0.2) is 83.0 Å². The quantitative estimate of drug-likeness (QED) is 0.291. The molecule has 0 saturated heterocycles. The van der Waals surface area contributed by atoms with Crippen molar-refractivity contribution < 1.29 is 0 Å². The predicted octanol–water partition coefficient (Wildman–Crippen LogP) is 5.51. The Morgan fingerprint density at radius 3 is 2.68 bits per heavy atom. The number of fused-ring (bicyclic) bond motifs is 3. The zero-order valence-corrected chi connectivity index (χ0v) is 22.5. The maximum absolute atomic E-state index is 13.1. The molecule has 1 aliphatic heterocycles. The smallest absolute Gasteiger partial charge is 0.259 e. The lowest BCUT2D eigenvalue weighted by atomic mass is 10.1. The van der Waals surface area contributed by atoms with Crippen LogP contribution >= 0.6 is 23.1 Å². The van der Waals surface area contributed by atoms with Crippen molar-refractivity contribution in [2.24, 2.45) is 5.10 Å². The fraction of sp³-hybridized carbons (Fsp3) is 0.214. The maximum atomic E-state index is 13.1. The summed E-state index contributed by atoms with van der Waals surface area (Å²) in [4.78, 5) is 25.2. The number of thioether (sulfide) groups is 1. The van der Waals surface area contributed by atoms with Gasteiger partial charge in [-0.05, 0) is 48.7 Å². The molecule has 0 N–H and O–H groups in total. The van der Waals surface area contributed by atoms with Gasteiger partial charge in [0.25, 0.3) is 5.56 Å². The van der Waals surface area contributed by atoms with Crippen molar-refractivity contribution in [3.05, 3.63) is 106 Å². The van der Waals surface area contributed by atoms with Gasteiger partial charge in [0.1, 0.15) is 0 Å². The third-order valence-electron chi connectivity index (χ3n) is 6.54. The lowest BCUT2D eigenvalue weighted by Crippen LogP contribution is -2.39. The first-order chi connectivity index (χ1) is 18.0. The van der Waals surface area contributed by atoms with Crippen LogP contribution in [0, 0.1) is 6.92 Å². The summed E-state index contributed by atoms with van der Waals surface area (Å²) in [7, 11) is 1.99. The Hall–Kier alpha value is -3.69. The number of hydrazone groups is 1. The van der Waals surface area contributed by atoms with Crippen LogP contribution in [0.3, 0.4) is 0 Å². The molecule has 1 aliphatic rings. The minimum Gasteiger partial charge on any atom is -0.293 e. The first kappa shape index (κ1) is 23.7. The molecule has 7 nitrogen and oxygen atoms in total. The van der Waals surface area contributed by atoms with Gasteiger partial charge in [-0.15, -0.1) is 11.8 Å². The zero-order chi connectivity index (χ0) is 25.5. The van der Waals surface area contributed by atoms with E-state index in [1.165, 1.54) is 5.56 Å². The number of rotatable bonds is 6. The van der Waals surface area contributed by atoms with Crippen molar-refractivity contribution in [1.82, 2.24) is 19.4 Å². The molecule has 3 aromatic heterocycles. The van der Waals surface area contributed by atoms with Crippen LogP contribution in [-0.2, 0) is 12.2 Å². The van der Waals surface area contributed by atoms with E-state index in [9.17, 15) is 4.79 Å². The molecule has 2 aromatic carbocycles. The summed E-state index contributed by atoms with van der Waals surface area (Å²) >= 11 is 3.28. The third kappa shape index (κ3) is 4.18. The van der Waals surface area contributed by atoms with Gasteiger partial charge in [-0.3, -0.25) is 24.1 Å². The SMILES string of the molecule is CCc1ccccc1N1C(c2ccncc2)=NN(C)C1SCc1cc(=O)n2c(n1)sc1c(C)cccc12. The van der Waals surface area contributed by atoms with Crippen molar-refractivity contribution in [3.8, 4) is 0 Å². The van der Waals surface area contributed by atoms with Crippen LogP contribution in [0.4, 0.5) is 5.69 Å². The van der Waals surface area contributed by atoms with Gasteiger partial charge in [-0.1, -0.05) is 48.6 Å². The number of amidine groups is 1. The number of hydrogen-bond donors (Lipinski definition) is 0. The topological polar surface area (TPSA) is 66.1 Å². The van der Waals surface area contributed by atoms with Crippen LogP contribution in [0.25, 0.3) is 15.2 Å². The summed E-state index contributed by atoms with van der Waals surface area (Å²) in [6, 6.07) is 20.1.